The first-order chi connectivity index (χ1) is 10.2. The molecule has 1 N–H and O–H groups in total. The molecule has 21 heavy (non-hydrogen) atoms. The summed E-state index contributed by atoms with van der Waals surface area (Å²) in [5.74, 6) is 0.535. The Morgan fingerprint density at radius 1 is 1.05 bits per heavy atom. The Balaban J connectivity index is 1.61. The summed E-state index contributed by atoms with van der Waals surface area (Å²) in [7, 11) is 0. The molecule has 1 aromatic carbocycles. The third-order valence-electron chi connectivity index (χ3n) is 4.57. The van der Waals surface area contributed by atoms with Gasteiger partial charge in [-0.2, -0.15) is 0 Å². The van der Waals surface area contributed by atoms with Crippen molar-refractivity contribution >= 4 is 11.9 Å². The van der Waals surface area contributed by atoms with Crippen LogP contribution in [-0.4, -0.2) is 23.4 Å². The van der Waals surface area contributed by atoms with Gasteiger partial charge in [-0.15, -0.1) is 0 Å². The quantitative estimate of drug-likeness (QED) is 0.927. The van der Waals surface area contributed by atoms with Crippen molar-refractivity contribution in [1.82, 2.24) is 10.2 Å². The number of nitrogens with one attached hydrogen (secondary N) is 1. The summed E-state index contributed by atoms with van der Waals surface area (Å²) in [5, 5.41) is 2.36. The molecule has 1 heterocycles. The molecule has 0 aromatic heterocycles. The van der Waals surface area contributed by atoms with Gasteiger partial charge >= 0.3 is 6.03 Å². The number of carbonyl (C=O) groups excluding carboxylic acids is 2. The van der Waals surface area contributed by atoms with Crippen LogP contribution in [0.15, 0.2) is 24.3 Å². The Hall–Kier alpha value is -1.84. The van der Waals surface area contributed by atoms with Crippen molar-refractivity contribution in [3.05, 3.63) is 35.4 Å². The van der Waals surface area contributed by atoms with Crippen LogP contribution in [0.4, 0.5) is 4.79 Å². The molecule has 0 radical (unpaired) electrons. The second-order valence-corrected chi connectivity index (χ2v) is 6.10. The van der Waals surface area contributed by atoms with Crippen LogP contribution in [0, 0.1) is 0 Å². The van der Waals surface area contributed by atoms with E-state index in [4.69, 9.17) is 0 Å². The molecule has 0 unspecified atom stereocenters. The Morgan fingerprint density at radius 2 is 1.76 bits per heavy atom. The number of imide groups is 1. The fourth-order valence-electron chi connectivity index (χ4n) is 3.30. The lowest BCUT2D eigenvalue weighted by atomic mass is 9.84. The topological polar surface area (TPSA) is 49.4 Å². The predicted molar refractivity (Wildman–Crippen MR) is 80.8 cm³/mol. The maximum absolute atomic E-state index is 11.7. The van der Waals surface area contributed by atoms with Crippen molar-refractivity contribution in [3.63, 3.8) is 0 Å². The van der Waals surface area contributed by atoms with Crippen LogP contribution < -0.4 is 5.32 Å². The first-order valence-electron chi connectivity index (χ1n) is 7.90. The molecule has 1 aliphatic heterocycles. The maximum Gasteiger partial charge on any atom is 0.324 e. The zero-order chi connectivity index (χ0) is 14.7. The Bertz CT molecular complexity index is 518. The molecule has 1 saturated heterocycles. The lowest BCUT2D eigenvalue weighted by Gasteiger charge is -2.27. The molecule has 1 saturated carbocycles. The van der Waals surface area contributed by atoms with E-state index in [2.05, 4.69) is 29.6 Å². The largest absolute Gasteiger partial charge is 0.324 e. The van der Waals surface area contributed by atoms with Crippen LogP contribution in [-0.2, 0) is 11.3 Å². The Kier molecular flexibility index (Phi) is 4.23. The van der Waals surface area contributed by atoms with E-state index < -0.39 is 0 Å². The van der Waals surface area contributed by atoms with Gasteiger partial charge in [0.15, 0.2) is 0 Å². The molecule has 2 fully saturated rings. The van der Waals surface area contributed by atoms with Crippen LogP contribution in [0.25, 0.3) is 0 Å². The van der Waals surface area contributed by atoms with E-state index in [0.29, 0.717) is 25.4 Å². The van der Waals surface area contributed by atoms with Gasteiger partial charge in [-0.3, -0.25) is 10.1 Å². The molecule has 0 bridgehead atoms. The molecule has 112 valence electrons. The molecule has 4 heteroatoms. The van der Waals surface area contributed by atoms with Gasteiger partial charge in [0, 0.05) is 19.5 Å². The molecular weight excluding hydrogens is 264 g/mol. The summed E-state index contributed by atoms with van der Waals surface area (Å²) in [4.78, 5) is 24.5. The van der Waals surface area contributed by atoms with Crippen LogP contribution in [0.3, 0.4) is 0 Å². The van der Waals surface area contributed by atoms with Gasteiger partial charge in [0.2, 0.25) is 5.91 Å². The highest BCUT2D eigenvalue weighted by molar-refractivity contribution is 5.96. The fraction of sp³-hybridized carbons (Fsp3) is 0.529. The van der Waals surface area contributed by atoms with Gasteiger partial charge in [-0.25, -0.2) is 4.79 Å². The minimum atomic E-state index is -0.275. The summed E-state index contributed by atoms with van der Waals surface area (Å²) in [5.41, 5.74) is 2.55. The fourth-order valence-corrected chi connectivity index (χ4v) is 3.30. The second-order valence-electron chi connectivity index (χ2n) is 6.10. The highest BCUT2D eigenvalue weighted by Crippen LogP contribution is 2.32. The summed E-state index contributed by atoms with van der Waals surface area (Å²) in [6.45, 7) is 1.08. The van der Waals surface area contributed by atoms with Crippen LogP contribution >= 0.6 is 0 Å². The zero-order valence-corrected chi connectivity index (χ0v) is 12.3. The van der Waals surface area contributed by atoms with Crippen molar-refractivity contribution in [2.45, 2.75) is 51.0 Å². The molecule has 3 amide bonds. The number of benzene rings is 1. The number of hydrogen-bond donors (Lipinski definition) is 1. The molecule has 0 spiro atoms. The normalized spacial score (nSPS) is 20.5. The minimum Gasteiger partial charge on any atom is -0.320 e. The summed E-state index contributed by atoms with van der Waals surface area (Å²) in [6, 6.07) is 8.38. The number of urea groups is 1. The van der Waals surface area contributed by atoms with E-state index in [1.165, 1.54) is 37.7 Å². The minimum absolute atomic E-state index is 0.177. The lowest BCUT2D eigenvalue weighted by Crippen LogP contribution is -2.48. The standard InChI is InChI=1S/C17H22N2O2/c20-16-10-11-19(17(21)18-16)12-13-6-8-15(9-7-13)14-4-2-1-3-5-14/h6-9,14H,1-5,10-12H2,(H,18,20,21). The van der Waals surface area contributed by atoms with Crippen molar-refractivity contribution in [3.8, 4) is 0 Å². The molecule has 1 aliphatic carbocycles. The first-order valence-corrected chi connectivity index (χ1v) is 7.90. The number of amides is 3. The number of carbonyl (C=O) groups is 2. The van der Waals surface area contributed by atoms with Crippen LogP contribution in [0.1, 0.15) is 55.6 Å². The van der Waals surface area contributed by atoms with E-state index in [0.717, 1.165) is 5.56 Å². The van der Waals surface area contributed by atoms with Gasteiger partial charge in [0.25, 0.3) is 0 Å². The molecule has 4 nitrogen and oxygen atoms in total. The van der Waals surface area contributed by atoms with Gasteiger partial charge < -0.3 is 4.90 Å². The molecule has 2 aliphatic rings. The van der Waals surface area contributed by atoms with Gasteiger partial charge in [-0.05, 0) is 29.9 Å². The lowest BCUT2D eigenvalue weighted by molar-refractivity contribution is -0.121. The summed E-state index contributed by atoms with van der Waals surface area (Å²) in [6.07, 6.45) is 7.05. The number of nitrogens with zero attached hydrogens (tertiary/aromatic N) is 1. The molecule has 0 atom stereocenters. The predicted octanol–water partition coefficient (Wildman–Crippen LogP) is 3.18. The third kappa shape index (κ3) is 3.43. The number of rotatable bonds is 3. The van der Waals surface area contributed by atoms with Crippen molar-refractivity contribution in [1.29, 1.82) is 0 Å². The average molecular weight is 286 g/mol. The molecule has 1 aromatic rings. The summed E-state index contributed by atoms with van der Waals surface area (Å²) < 4.78 is 0. The highest BCUT2D eigenvalue weighted by atomic mass is 16.2. The van der Waals surface area contributed by atoms with E-state index >= 15 is 0 Å². The monoisotopic (exact) mass is 286 g/mol. The Morgan fingerprint density at radius 3 is 2.43 bits per heavy atom. The Labute approximate surface area is 125 Å². The van der Waals surface area contributed by atoms with Crippen LogP contribution in [0.5, 0.6) is 0 Å². The van der Waals surface area contributed by atoms with E-state index in [9.17, 15) is 9.59 Å². The van der Waals surface area contributed by atoms with Crippen molar-refractivity contribution in [2.75, 3.05) is 6.54 Å². The SMILES string of the molecule is O=C1CCN(Cc2ccc(C3CCCCC3)cc2)C(=O)N1. The van der Waals surface area contributed by atoms with Crippen molar-refractivity contribution < 1.29 is 9.59 Å². The highest BCUT2D eigenvalue weighted by Gasteiger charge is 2.22. The summed E-state index contributed by atoms with van der Waals surface area (Å²) >= 11 is 0. The van der Waals surface area contributed by atoms with Crippen molar-refractivity contribution in [2.24, 2.45) is 0 Å². The zero-order valence-electron chi connectivity index (χ0n) is 12.3. The molecular formula is C17H22N2O2. The van der Waals surface area contributed by atoms with E-state index in [1.807, 2.05) is 0 Å². The van der Waals surface area contributed by atoms with Gasteiger partial charge in [0.1, 0.15) is 0 Å². The number of hydrogen-bond acceptors (Lipinski definition) is 2. The molecule has 3 rings (SSSR count). The van der Waals surface area contributed by atoms with E-state index in [1.54, 1.807) is 4.90 Å². The second kappa shape index (κ2) is 6.29. The van der Waals surface area contributed by atoms with E-state index in [-0.39, 0.29) is 11.9 Å². The maximum atomic E-state index is 11.7. The smallest absolute Gasteiger partial charge is 0.320 e. The third-order valence-corrected chi connectivity index (χ3v) is 4.57. The van der Waals surface area contributed by atoms with Gasteiger partial charge in [-0.1, -0.05) is 43.5 Å². The van der Waals surface area contributed by atoms with Gasteiger partial charge in [0.05, 0.1) is 0 Å². The average Bonchev–Trinajstić information content (AvgIpc) is 2.52. The van der Waals surface area contributed by atoms with Crippen LogP contribution in [0.2, 0.25) is 0 Å². The first kappa shape index (κ1) is 14.1.